The van der Waals surface area contributed by atoms with Crippen LogP contribution in [-0.2, 0) is 10.0 Å². The Morgan fingerprint density at radius 3 is 2.38 bits per heavy atom. The lowest BCUT2D eigenvalue weighted by molar-refractivity contribution is -0.384. The molecule has 1 heterocycles. The van der Waals surface area contributed by atoms with Crippen LogP contribution in [0.2, 0.25) is 0 Å². The second-order valence-corrected chi connectivity index (χ2v) is 8.99. The zero-order valence-electron chi connectivity index (χ0n) is 14.6. The van der Waals surface area contributed by atoms with Crippen LogP contribution in [0.4, 0.5) is 11.4 Å². The standard InChI is InChI=1S/C17H25N3O5S/c21-14-6-4-13(5-7-14)18-16-9-8-15(12-17(16)20(22)23)26(24,25)19-10-2-1-3-11-19/h8-9,12-14,18,21H,1-7,10-11H2. The van der Waals surface area contributed by atoms with E-state index in [1.807, 2.05) is 0 Å². The molecule has 0 amide bonds. The molecule has 1 aliphatic carbocycles. The molecule has 2 fully saturated rings. The van der Waals surface area contributed by atoms with Gasteiger partial charge in [-0.3, -0.25) is 10.1 Å². The number of piperidine rings is 1. The Balaban J connectivity index is 1.83. The maximum Gasteiger partial charge on any atom is 0.293 e. The molecule has 0 aromatic heterocycles. The summed E-state index contributed by atoms with van der Waals surface area (Å²) in [6.45, 7) is 0.918. The topological polar surface area (TPSA) is 113 Å². The molecule has 0 atom stereocenters. The smallest absolute Gasteiger partial charge is 0.293 e. The number of aliphatic hydroxyl groups is 1. The fraction of sp³-hybridized carbons (Fsp3) is 0.647. The Morgan fingerprint density at radius 1 is 1.12 bits per heavy atom. The third-order valence-electron chi connectivity index (χ3n) is 5.18. The Bertz CT molecular complexity index is 754. The minimum absolute atomic E-state index is 0.0317. The van der Waals surface area contributed by atoms with Crippen molar-refractivity contribution in [2.45, 2.75) is 62.0 Å². The highest BCUT2D eigenvalue weighted by molar-refractivity contribution is 7.89. The molecule has 1 aromatic rings. The van der Waals surface area contributed by atoms with E-state index in [2.05, 4.69) is 5.32 Å². The first-order valence-corrected chi connectivity index (χ1v) is 10.5. The van der Waals surface area contributed by atoms with Gasteiger partial charge in [0.15, 0.2) is 0 Å². The third kappa shape index (κ3) is 4.16. The van der Waals surface area contributed by atoms with Gasteiger partial charge in [-0.2, -0.15) is 4.31 Å². The van der Waals surface area contributed by atoms with E-state index in [9.17, 15) is 23.6 Å². The minimum atomic E-state index is -3.71. The van der Waals surface area contributed by atoms with Crippen LogP contribution in [-0.4, -0.2) is 48.0 Å². The number of sulfonamides is 1. The normalized spacial score (nSPS) is 25.0. The molecule has 26 heavy (non-hydrogen) atoms. The number of nitro benzene ring substituents is 1. The van der Waals surface area contributed by atoms with Gasteiger partial charge < -0.3 is 10.4 Å². The van der Waals surface area contributed by atoms with Crippen LogP contribution in [0.1, 0.15) is 44.9 Å². The van der Waals surface area contributed by atoms with Gasteiger partial charge in [0.25, 0.3) is 5.69 Å². The zero-order valence-corrected chi connectivity index (χ0v) is 15.5. The molecule has 0 bridgehead atoms. The van der Waals surface area contributed by atoms with E-state index < -0.39 is 14.9 Å². The third-order valence-corrected chi connectivity index (χ3v) is 7.07. The Labute approximate surface area is 153 Å². The molecule has 8 nitrogen and oxygen atoms in total. The number of nitrogens with one attached hydrogen (secondary N) is 1. The van der Waals surface area contributed by atoms with Crippen molar-refractivity contribution in [2.75, 3.05) is 18.4 Å². The maximum absolute atomic E-state index is 12.8. The summed E-state index contributed by atoms with van der Waals surface area (Å²) in [5.41, 5.74) is 0.100. The van der Waals surface area contributed by atoms with Crippen LogP contribution in [0.3, 0.4) is 0 Å². The van der Waals surface area contributed by atoms with Crippen molar-refractivity contribution in [2.24, 2.45) is 0 Å². The second-order valence-electron chi connectivity index (χ2n) is 7.05. The van der Waals surface area contributed by atoms with Gasteiger partial charge in [-0.15, -0.1) is 0 Å². The Kier molecular flexibility index (Phi) is 5.79. The predicted molar refractivity (Wildman–Crippen MR) is 97.6 cm³/mol. The van der Waals surface area contributed by atoms with E-state index in [1.165, 1.54) is 16.4 Å². The van der Waals surface area contributed by atoms with Crippen molar-refractivity contribution in [1.29, 1.82) is 0 Å². The predicted octanol–water partition coefficient (Wildman–Crippen LogP) is 2.48. The first-order valence-electron chi connectivity index (χ1n) is 9.11. The van der Waals surface area contributed by atoms with Crippen LogP contribution >= 0.6 is 0 Å². The molecule has 144 valence electrons. The van der Waals surface area contributed by atoms with Gasteiger partial charge >= 0.3 is 0 Å². The SMILES string of the molecule is O=[N+]([O-])c1cc(S(=O)(=O)N2CCCCC2)ccc1NC1CCC(O)CC1. The Morgan fingerprint density at radius 2 is 1.77 bits per heavy atom. The van der Waals surface area contributed by atoms with Gasteiger partial charge in [-0.1, -0.05) is 6.42 Å². The van der Waals surface area contributed by atoms with E-state index in [4.69, 9.17) is 0 Å². The number of hydrogen-bond acceptors (Lipinski definition) is 6. The van der Waals surface area contributed by atoms with E-state index in [1.54, 1.807) is 0 Å². The van der Waals surface area contributed by atoms with Gasteiger partial charge in [-0.05, 0) is 50.7 Å². The van der Waals surface area contributed by atoms with E-state index in [0.29, 0.717) is 31.6 Å². The molecule has 1 aromatic carbocycles. The minimum Gasteiger partial charge on any atom is -0.393 e. The molecular formula is C17H25N3O5S. The summed E-state index contributed by atoms with van der Waals surface area (Å²) in [5, 5.41) is 24.2. The largest absolute Gasteiger partial charge is 0.393 e. The number of aliphatic hydroxyl groups excluding tert-OH is 1. The van der Waals surface area contributed by atoms with Gasteiger partial charge in [0.1, 0.15) is 5.69 Å². The highest BCUT2D eigenvalue weighted by Crippen LogP contribution is 2.32. The van der Waals surface area contributed by atoms with Crippen LogP contribution in [0.25, 0.3) is 0 Å². The molecule has 3 rings (SSSR count). The van der Waals surface area contributed by atoms with Crippen molar-refractivity contribution in [3.05, 3.63) is 28.3 Å². The lowest BCUT2D eigenvalue weighted by Crippen LogP contribution is -2.35. The van der Waals surface area contributed by atoms with Gasteiger partial charge in [-0.25, -0.2) is 8.42 Å². The molecule has 0 spiro atoms. The molecule has 2 aliphatic rings. The van der Waals surface area contributed by atoms with E-state index in [0.717, 1.165) is 38.2 Å². The fourth-order valence-electron chi connectivity index (χ4n) is 3.64. The first kappa shape index (κ1) is 19.1. The number of nitro groups is 1. The summed E-state index contributed by atoms with van der Waals surface area (Å²) in [6.07, 6.45) is 5.10. The maximum atomic E-state index is 12.8. The number of benzene rings is 1. The molecule has 0 unspecified atom stereocenters. The van der Waals surface area contributed by atoms with Crippen LogP contribution in [0, 0.1) is 10.1 Å². The molecule has 1 saturated heterocycles. The molecule has 1 saturated carbocycles. The van der Waals surface area contributed by atoms with Gasteiger partial charge in [0.2, 0.25) is 10.0 Å². The number of nitrogens with zero attached hydrogens (tertiary/aromatic N) is 2. The molecule has 0 radical (unpaired) electrons. The van der Waals surface area contributed by atoms with Gasteiger partial charge in [0.05, 0.1) is 15.9 Å². The lowest BCUT2D eigenvalue weighted by Gasteiger charge is -2.27. The summed E-state index contributed by atoms with van der Waals surface area (Å²) >= 11 is 0. The van der Waals surface area contributed by atoms with E-state index >= 15 is 0 Å². The fourth-order valence-corrected chi connectivity index (χ4v) is 5.18. The monoisotopic (exact) mass is 383 g/mol. The number of hydrogen-bond donors (Lipinski definition) is 2. The molecular weight excluding hydrogens is 358 g/mol. The summed E-state index contributed by atoms with van der Waals surface area (Å²) in [6, 6.07) is 4.13. The van der Waals surface area contributed by atoms with E-state index in [-0.39, 0.29) is 22.7 Å². The van der Waals surface area contributed by atoms with Crippen molar-refractivity contribution in [3.8, 4) is 0 Å². The summed E-state index contributed by atoms with van der Waals surface area (Å²) < 4.78 is 26.9. The van der Waals surface area contributed by atoms with Crippen LogP contribution in [0.15, 0.2) is 23.1 Å². The number of rotatable bonds is 5. The highest BCUT2D eigenvalue weighted by Gasteiger charge is 2.29. The molecule has 2 N–H and O–H groups in total. The summed E-state index contributed by atoms with van der Waals surface area (Å²) in [4.78, 5) is 10.9. The second kappa shape index (κ2) is 7.89. The van der Waals surface area contributed by atoms with Crippen molar-refractivity contribution < 1.29 is 18.4 Å². The van der Waals surface area contributed by atoms with Crippen molar-refractivity contribution >= 4 is 21.4 Å². The molecule has 1 aliphatic heterocycles. The van der Waals surface area contributed by atoms with Crippen LogP contribution < -0.4 is 5.32 Å². The van der Waals surface area contributed by atoms with Crippen molar-refractivity contribution in [1.82, 2.24) is 4.31 Å². The Hall–Kier alpha value is -1.71. The van der Waals surface area contributed by atoms with Crippen LogP contribution in [0.5, 0.6) is 0 Å². The average Bonchev–Trinajstić information content (AvgIpc) is 2.64. The van der Waals surface area contributed by atoms with Crippen molar-refractivity contribution in [3.63, 3.8) is 0 Å². The quantitative estimate of drug-likeness (QED) is 0.597. The lowest BCUT2D eigenvalue weighted by atomic mass is 9.93. The first-order chi connectivity index (χ1) is 12.4. The summed E-state index contributed by atoms with van der Waals surface area (Å²) in [7, 11) is -3.71. The number of anilines is 1. The van der Waals surface area contributed by atoms with Gasteiger partial charge in [0, 0.05) is 25.2 Å². The average molecular weight is 383 g/mol. The highest BCUT2D eigenvalue weighted by atomic mass is 32.2. The summed E-state index contributed by atoms with van der Waals surface area (Å²) in [5.74, 6) is 0. The molecule has 9 heteroatoms. The zero-order chi connectivity index (χ0) is 18.7.